The van der Waals surface area contributed by atoms with Crippen LogP contribution in [0.2, 0.25) is 0 Å². The summed E-state index contributed by atoms with van der Waals surface area (Å²) in [5, 5.41) is 20.3. The summed E-state index contributed by atoms with van der Waals surface area (Å²) in [6.07, 6.45) is 8.80. The van der Waals surface area contributed by atoms with E-state index in [1.54, 1.807) is 0 Å². The first-order valence-corrected chi connectivity index (χ1v) is 8.89. The highest BCUT2D eigenvalue weighted by Gasteiger charge is 2.39. The summed E-state index contributed by atoms with van der Waals surface area (Å²) in [6.45, 7) is 4.35. The van der Waals surface area contributed by atoms with Crippen molar-refractivity contribution in [3.63, 3.8) is 0 Å². The van der Waals surface area contributed by atoms with Gasteiger partial charge < -0.3 is 14.9 Å². The van der Waals surface area contributed by atoms with Crippen LogP contribution in [0.5, 0.6) is 0 Å². The first kappa shape index (κ1) is 16.7. The molecule has 128 valence electrons. The Kier molecular flexibility index (Phi) is 4.93. The van der Waals surface area contributed by atoms with Crippen molar-refractivity contribution < 1.29 is 19.7 Å². The van der Waals surface area contributed by atoms with Gasteiger partial charge in [-0.25, -0.2) is 0 Å². The van der Waals surface area contributed by atoms with Gasteiger partial charge in [0.2, 0.25) is 0 Å². The second kappa shape index (κ2) is 6.78. The van der Waals surface area contributed by atoms with Gasteiger partial charge in [0, 0.05) is 12.3 Å². The number of fused-ring (bicyclic) bond motifs is 1. The molecule has 3 aliphatic rings. The third-order valence-electron chi connectivity index (χ3n) is 5.68. The van der Waals surface area contributed by atoms with Gasteiger partial charge in [-0.2, -0.15) is 0 Å². The van der Waals surface area contributed by atoms with Crippen molar-refractivity contribution in [2.75, 3.05) is 0 Å². The fraction of sp³-hybridized carbons (Fsp3) is 0.737. The van der Waals surface area contributed by atoms with Gasteiger partial charge in [-0.3, -0.25) is 4.79 Å². The molecule has 0 radical (unpaired) electrons. The van der Waals surface area contributed by atoms with E-state index in [1.165, 1.54) is 5.57 Å². The number of aliphatic hydroxyl groups is 2. The average molecular weight is 320 g/mol. The van der Waals surface area contributed by atoms with Crippen LogP contribution in [-0.4, -0.2) is 34.5 Å². The van der Waals surface area contributed by atoms with Crippen LogP contribution in [0.1, 0.15) is 46.0 Å². The number of rotatable bonds is 3. The summed E-state index contributed by atoms with van der Waals surface area (Å²) in [4.78, 5) is 11.5. The number of hydrogen-bond donors (Lipinski definition) is 2. The van der Waals surface area contributed by atoms with Gasteiger partial charge in [-0.05, 0) is 42.6 Å². The zero-order valence-corrected chi connectivity index (χ0v) is 14.0. The lowest BCUT2D eigenvalue weighted by Crippen LogP contribution is -2.39. The van der Waals surface area contributed by atoms with Gasteiger partial charge >= 0.3 is 5.97 Å². The highest BCUT2D eigenvalue weighted by Crippen LogP contribution is 2.43. The van der Waals surface area contributed by atoms with Gasteiger partial charge in [0.05, 0.1) is 18.6 Å². The van der Waals surface area contributed by atoms with Crippen molar-refractivity contribution in [1.82, 2.24) is 0 Å². The second-order valence-corrected chi connectivity index (χ2v) is 7.64. The smallest absolute Gasteiger partial charge is 0.308 e. The minimum Gasteiger partial charge on any atom is -0.462 e. The standard InChI is InChI=1S/C19H28O4/c1-11-7-13-4-3-12(2)16(19(13)17(21)8-11)6-5-15-9-14(20)10-18(22)23-15/h3-4,7,11-12,14-17,19-21H,5-6,8-10H2,1-2H3/t11-,12?,14?,15?,16-,17-,19-/m0/s1. The van der Waals surface area contributed by atoms with E-state index < -0.39 is 6.10 Å². The van der Waals surface area contributed by atoms with Gasteiger partial charge in [0.25, 0.3) is 0 Å². The summed E-state index contributed by atoms with van der Waals surface area (Å²) in [6, 6.07) is 0. The largest absolute Gasteiger partial charge is 0.462 e. The number of cyclic esters (lactones) is 1. The van der Waals surface area contributed by atoms with Crippen LogP contribution in [0.4, 0.5) is 0 Å². The van der Waals surface area contributed by atoms with Crippen molar-refractivity contribution in [3.8, 4) is 0 Å². The summed E-state index contributed by atoms with van der Waals surface area (Å²) in [5.74, 6) is 1.09. The van der Waals surface area contributed by atoms with Gasteiger partial charge in [0.1, 0.15) is 6.10 Å². The van der Waals surface area contributed by atoms with Crippen LogP contribution in [0.3, 0.4) is 0 Å². The topological polar surface area (TPSA) is 66.8 Å². The molecule has 1 aliphatic heterocycles. The first-order chi connectivity index (χ1) is 10.9. The van der Waals surface area contributed by atoms with Crippen molar-refractivity contribution in [2.24, 2.45) is 23.7 Å². The molecule has 3 rings (SSSR count). The molecule has 4 heteroatoms. The molecule has 7 atom stereocenters. The monoisotopic (exact) mass is 320 g/mol. The van der Waals surface area contributed by atoms with E-state index >= 15 is 0 Å². The fourth-order valence-electron chi connectivity index (χ4n) is 4.55. The van der Waals surface area contributed by atoms with E-state index in [-0.39, 0.29) is 30.5 Å². The maximum atomic E-state index is 11.5. The second-order valence-electron chi connectivity index (χ2n) is 7.64. The van der Waals surface area contributed by atoms with Crippen molar-refractivity contribution in [3.05, 3.63) is 23.8 Å². The summed E-state index contributed by atoms with van der Waals surface area (Å²) in [7, 11) is 0. The Labute approximate surface area is 138 Å². The van der Waals surface area contributed by atoms with Crippen LogP contribution < -0.4 is 0 Å². The fourth-order valence-corrected chi connectivity index (χ4v) is 4.55. The van der Waals surface area contributed by atoms with E-state index in [1.807, 2.05) is 0 Å². The Balaban J connectivity index is 1.67. The molecule has 0 aromatic rings. The van der Waals surface area contributed by atoms with Crippen molar-refractivity contribution >= 4 is 5.97 Å². The van der Waals surface area contributed by atoms with E-state index in [2.05, 4.69) is 32.1 Å². The summed E-state index contributed by atoms with van der Waals surface area (Å²) >= 11 is 0. The number of esters is 1. The molecular formula is C19H28O4. The van der Waals surface area contributed by atoms with E-state index in [0.29, 0.717) is 24.2 Å². The normalized spacial score (nSPS) is 43.6. The Morgan fingerprint density at radius 1 is 1.22 bits per heavy atom. The van der Waals surface area contributed by atoms with E-state index in [4.69, 9.17) is 4.74 Å². The van der Waals surface area contributed by atoms with Crippen LogP contribution in [0.25, 0.3) is 0 Å². The molecule has 0 saturated carbocycles. The molecule has 0 aromatic heterocycles. The molecule has 2 N–H and O–H groups in total. The third kappa shape index (κ3) is 3.69. The van der Waals surface area contributed by atoms with E-state index in [9.17, 15) is 15.0 Å². The summed E-state index contributed by atoms with van der Waals surface area (Å²) < 4.78 is 5.37. The predicted molar refractivity (Wildman–Crippen MR) is 87.5 cm³/mol. The highest BCUT2D eigenvalue weighted by atomic mass is 16.5. The minimum absolute atomic E-state index is 0.116. The molecule has 0 aromatic carbocycles. The van der Waals surface area contributed by atoms with Gasteiger partial charge in [0.15, 0.2) is 0 Å². The number of aliphatic hydroxyl groups excluding tert-OH is 2. The van der Waals surface area contributed by atoms with E-state index in [0.717, 1.165) is 19.3 Å². The Bertz CT molecular complexity index is 509. The average Bonchev–Trinajstić information content (AvgIpc) is 2.45. The molecule has 1 saturated heterocycles. The van der Waals surface area contributed by atoms with Crippen LogP contribution >= 0.6 is 0 Å². The quantitative estimate of drug-likeness (QED) is 0.785. The van der Waals surface area contributed by atoms with Crippen molar-refractivity contribution in [1.29, 1.82) is 0 Å². The van der Waals surface area contributed by atoms with Crippen LogP contribution in [-0.2, 0) is 9.53 Å². The molecule has 1 heterocycles. The number of carbonyl (C=O) groups excluding carboxylic acids is 1. The Hall–Kier alpha value is -1.13. The molecular weight excluding hydrogens is 292 g/mol. The third-order valence-corrected chi connectivity index (χ3v) is 5.68. The zero-order valence-electron chi connectivity index (χ0n) is 14.0. The molecule has 0 bridgehead atoms. The maximum absolute atomic E-state index is 11.5. The lowest BCUT2D eigenvalue weighted by Gasteiger charge is -2.42. The molecule has 1 fully saturated rings. The van der Waals surface area contributed by atoms with Crippen molar-refractivity contribution in [2.45, 2.75) is 64.3 Å². The number of allylic oxidation sites excluding steroid dienone is 3. The molecule has 0 spiro atoms. The lowest BCUT2D eigenvalue weighted by molar-refractivity contribution is -0.160. The predicted octanol–water partition coefficient (Wildman–Crippen LogP) is 2.60. The zero-order chi connectivity index (χ0) is 16.6. The molecule has 0 amide bonds. The van der Waals surface area contributed by atoms with Gasteiger partial charge in [-0.15, -0.1) is 0 Å². The molecule has 4 nitrogen and oxygen atoms in total. The Morgan fingerprint density at radius 3 is 2.74 bits per heavy atom. The van der Waals surface area contributed by atoms with Gasteiger partial charge in [-0.1, -0.05) is 32.1 Å². The Morgan fingerprint density at radius 2 is 2.00 bits per heavy atom. The molecule has 3 unspecified atom stereocenters. The summed E-state index contributed by atoms with van der Waals surface area (Å²) in [5.41, 5.74) is 1.26. The SMILES string of the molecule is CC1C=CC2=C[C@H](C)C[C@H](O)[C@@H]2[C@H]1CCC1CC(O)CC(=O)O1. The van der Waals surface area contributed by atoms with Crippen LogP contribution in [0.15, 0.2) is 23.8 Å². The highest BCUT2D eigenvalue weighted by molar-refractivity contribution is 5.70. The maximum Gasteiger partial charge on any atom is 0.308 e. The number of hydrogen-bond acceptors (Lipinski definition) is 4. The minimum atomic E-state index is -0.568. The number of ether oxygens (including phenoxy) is 1. The molecule has 23 heavy (non-hydrogen) atoms. The lowest BCUT2D eigenvalue weighted by atomic mass is 9.65. The molecule has 2 aliphatic carbocycles. The van der Waals surface area contributed by atoms with Crippen LogP contribution in [0, 0.1) is 23.7 Å². The first-order valence-electron chi connectivity index (χ1n) is 8.89. The number of carbonyl (C=O) groups is 1.